The number of anilines is 1. The van der Waals surface area contributed by atoms with Crippen LogP contribution in [0.5, 0.6) is 0 Å². The molecule has 1 aromatic heterocycles. The maximum atomic E-state index is 12.1. The minimum absolute atomic E-state index is 0.0672. The largest absolute Gasteiger partial charge is 0.360 e. The van der Waals surface area contributed by atoms with E-state index in [1.807, 2.05) is 6.92 Å². The lowest BCUT2D eigenvalue weighted by Crippen LogP contribution is -2.43. The Morgan fingerprint density at radius 1 is 1.53 bits per heavy atom. The number of amides is 2. The molecule has 1 heterocycles. The van der Waals surface area contributed by atoms with E-state index >= 15 is 0 Å². The highest BCUT2D eigenvalue weighted by Crippen LogP contribution is 2.28. The Kier molecular flexibility index (Phi) is 4.19. The molecule has 0 radical (unpaired) electrons. The number of nitrogens with one attached hydrogen (secondary N) is 1. The second kappa shape index (κ2) is 5.86. The van der Waals surface area contributed by atoms with Crippen molar-refractivity contribution in [3.63, 3.8) is 0 Å². The molecule has 0 aromatic carbocycles. The molecule has 0 unspecified atom stereocenters. The van der Waals surface area contributed by atoms with Gasteiger partial charge in [-0.25, -0.2) is 0 Å². The highest BCUT2D eigenvalue weighted by Gasteiger charge is 2.29. The van der Waals surface area contributed by atoms with Crippen LogP contribution in [0.3, 0.4) is 0 Å². The van der Waals surface area contributed by atoms with Gasteiger partial charge in [0.1, 0.15) is 5.76 Å². The van der Waals surface area contributed by atoms with Gasteiger partial charge in [0, 0.05) is 18.5 Å². The van der Waals surface area contributed by atoms with E-state index in [1.54, 1.807) is 17.9 Å². The molecular weight excluding hydrogens is 246 g/mol. The normalized spacial score (nSPS) is 14.8. The molecule has 1 aliphatic carbocycles. The second-order valence-corrected chi connectivity index (χ2v) is 4.85. The minimum Gasteiger partial charge on any atom is -0.360 e. The van der Waals surface area contributed by atoms with Crippen LogP contribution in [0.1, 0.15) is 31.9 Å². The summed E-state index contributed by atoms with van der Waals surface area (Å²) in [7, 11) is 0. The maximum absolute atomic E-state index is 12.1. The lowest BCUT2D eigenvalue weighted by Gasteiger charge is -2.30. The summed E-state index contributed by atoms with van der Waals surface area (Å²) in [6.45, 7) is 4.24. The first kappa shape index (κ1) is 13.6. The van der Waals surface area contributed by atoms with Crippen molar-refractivity contribution in [2.45, 2.75) is 33.1 Å². The van der Waals surface area contributed by atoms with Crippen LogP contribution in [0.15, 0.2) is 10.6 Å². The molecule has 1 aromatic rings. The fourth-order valence-electron chi connectivity index (χ4n) is 2.04. The first-order valence-corrected chi connectivity index (χ1v) is 6.62. The lowest BCUT2D eigenvalue weighted by molar-refractivity contribution is -0.140. The summed E-state index contributed by atoms with van der Waals surface area (Å²) in [4.78, 5) is 25.5. The van der Waals surface area contributed by atoms with Crippen LogP contribution < -0.4 is 5.32 Å². The molecule has 1 aliphatic rings. The summed E-state index contributed by atoms with van der Waals surface area (Å²) in [5, 5.41) is 6.31. The molecule has 19 heavy (non-hydrogen) atoms. The monoisotopic (exact) mass is 265 g/mol. The highest BCUT2D eigenvalue weighted by molar-refractivity contribution is 5.94. The lowest BCUT2D eigenvalue weighted by atomic mass is 9.84. The SMILES string of the molecule is CCN(CC(=O)Nc1cc(C)on1)C(=O)C1CCC1. The summed E-state index contributed by atoms with van der Waals surface area (Å²) in [6.07, 6.45) is 3.00. The molecule has 0 saturated heterocycles. The number of carbonyl (C=O) groups is 2. The molecule has 2 rings (SSSR count). The van der Waals surface area contributed by atoms with Crippen molar-refractivity contribution >= 4 is 17.6 Å². The molecule has 0 spiro atoms. The van der Waals surface area contributed by atoms with E-state index in [0.29, 0.717) is 18.1 Å². The second-order valence-electron chi connectivity index (χ2n) is 4.85. The Morgan fingerprint density at radius 3 is 2.74 bits per heavy atom. The number of aromatic nitrogens is 1. The van der Waals surface area contributed by atoms with Crippen LogP contribution in [0.25, 0.3) is 0 Å². The molecule has 104 valence electrons. The zero-order valence-electron chi connectivity index (χ0n) is 11.3. The van der Waals surface area contributed by atoms with Crippen molar-refractivity contribution in [1.82, 2.24) is 10.1 Å². The van der Waals surface area contributed by atoms with Crippen molar-refractivity contribution in [3.8, 4) is 0 Å². The summed E-state index contributed by atoms with van der Waals surface area (Å²) in [5.41, 5.74) is 0. The quantitative estimate of drug-likeness (QED) is 0.876. The van der Waals surface area contributed by atoms with E-state index in [-0.39, 0.29) is 24.3 Å². The number of hydrogen-bond donors (Lipinski definition) is 1. The average Bonchev–Trinajstić information content (AvgIpc) is 2.69. The highest BCUT2D eigenvalue weighted by atomic mass is 16.5. The van der Waals surface area contributed by atoms with Gasteiger partial charge in [-0.2, -0.15) is 0 Å². The van der Waals surface area contributed by atoms with Crippen molar-refractivity contribution in [3.05, 3.63) is 11.8 Å². The Hall–Kier alpha value is -1.85. The van der Waals surface area contributed by atoms with E-state index in [1.165, 1.54) is 0 Å². The van der Waals surface area contributed by atoms with Gasteiger partial charge in [-0.05, 0) is 26.7 Å². The fourth-order valence-corrected chi connectivity index (χ4v) is 2.04. The molecule has 0 atom stereocenters. The summed E-state index contributed by atoms with van der Waals surface area (Å²) < 4.78 is 4.86. The van der Waals surface area contributed by atoms with Gasteiger partial charge in [0.05, 0.1) is 6.54 Å². The number of hydrogen-bond acceptors (Lipinski definition) is 4. The topological polar surface area (TPSA) is 75.4 Å². The first-order chi connectivity index (χ1) is 9.10. The molecule has 1 saturated carbocycles. The zero-order chi connectivity index (χ0) is 13.8. The Labute approximate surface area is 112 Å². The van der Waals surface area contributed by atoms with Crippen molar-refractivity contribution in [2.24, 2.45) is 5.92 Å². The van der Waals surface area contributed by atoms with Gasteiger partial charge in [-0.1, -0.05) is 11.6 Å². The van der Waals surface area contributed by atoms with Gasteiger partial charge in [0.2, 0.25) is 11.8 Å². The van der Waals surface area contributed by atoms with Crippen molar-refractivity contribution in [2.75, 3.05) is 18.4 Å². The molecular formula is C13H19N3O3. The Morgan fingerprint density at radius 2 is 2.26 bits per heavy atom. The van der Waals surface area contributed by atoms with Crippen LogP contribution >= 0.6 is 0 Å². The third kappa shape index (κ3) is 3.33. The molecule has 0 aliphatic heterocycles. The molecule has 0 bridgehead atoms. The van der Waals surface area contributed by atoms with Crippen LogP contribution in [0.2, 0.25) is 0 Å². The molecule has 6 heteroatoms. The predicted octanol–water partition coefficient (Wildman–Crippen LogP) is 1.57. The van der Waals surface area contributed by atoms with Crippen LogP contribution in [0, 0.1) is 12.8 Å². The average molecular weight is 265 g/mol. The number of likely N-dealkylation sites (N-methyl/N-ethyl adjacent to an activating group) is 1. The number of carbonyl (C=O) groups excluding carboxylic acids is 2. The van der Waals surface area contributed by atoms with Gasteiger partial charge in [0.25, 0.3) is 0 Å². The number of rotatable bonds is 5. The minimum atomic E-state index is -0.247. The standard InChI is InChI=1S/C13H19N3O3/c1-3-16(13(18)10-5-4-6-10)8-12(17)14-11-7-9(2)19-15-11/h7,10H,3-6,8H2,1-2H3,(H,14,15,17). The Bertz CT molecular complexity index is 465. The van der Waals surface area contributed by atoms with Gasteiger partial charge < -0.3 is 14.7 Å². The van der Waals surface area contributed by atoms with Gasteiger partial charge in [-0.15, -0.1) is 0 Å². The van der Waals surface area contributed by atoms with E-state index < -0.39 is 0 Å². The van der Waals surface area contributed by atoms with E-state index in [0.717, 1.165) is 19.3 Å². The maximum Gasteiger partial charge on any atom is 0.245 e. The summed E-state index contributed by atoms with van der Waals surface area (Å²) in [5.74, 6) is 0.966. The molecule has 6 nitrogen and oxygen atoms in total. The van der Waals surface area contributed by atoms with Crippen LogP contribution in [-0.2, 0) is 9.59 Å². The third-order valence-corrected chi connectivity index (χ3v) is 3.38. The van der Waals surface area contributed by atoms with Gasteiger partial charge in [-0.3, -0.25) is 9.59 Å². The predicted molar refractivity (Wildman–Crippen MR) is 69.5 cm³/mol. The first-order valence-electron chi connectivity index (χ1n) is 6.62. The van der Waals surface area contributed by atoms with Crippen LogP contribution in [-0.4, -0.2) is 35.0 Å². The summed E-state index contributed by atoms with van der Waals surface area (Å²) >= 11 is 0. The van der Waals surface area contributed by atoms with E-state index in [4.69, 9.17) is 4.52 Å². The Balaban J connectivity index is 1.86. The third-order valence-electron chi connectivity index (χ3n) is 3.38. The van der Waals surface area contributed by atoms with Crippen LogP contribution in [0.4, 0.5) is 5.82 Å². The zero-order valence-corrected chi connectivity index (χ0v) is 11.3. The van der Waals surface area contributed by atoms with Gasteiger partial charge >= 0.3 is 0 Å². The van der Waals surface area contributed by atoms with E-state index in [2.05, 4.69) is 10.5 Å². The number of nitrogens with zero attached hydrogens (tertiary/aromatic N) is 2. The molecule has 1 fully saturated rings. The summed E-state index contributed by atoms with van der Waals surface area (Å²) in [6, 6.07) is 1.64. The van der Waals surface area contributed by atoms with Crippen molar-refractivity contribution < 1.29 is 14.1 Å². The van der Waals surface area contributed by atoms with Crippen molar-refractivity contribution in [1.29, 1.82) is 0 Å². The van der Waals surface area contributed by atoms with E-state index in [9.17, 15) is 9.59 Å². The molecule has 2 amide bonds. The number of aryl methyl sites for hydroxylation is 1. The molecule has 1 N–H and O–H groups in total. The van der Waals surface area contributed by atoms with Gasteiger partial charge in [0.15, 0.2) is 5.82 Å². The fraction of sp³-hybridized carbons (Fsp3) is 0.615. The smallest absolute Gasteiger partial charge is 0.245 e.